The molecule has 0 fully saturated rings. The molecule has 0 aromatic rings. The van der Waals surface area contributed by atoms with Gasteiger partial charge in [0.1, 0.15) is 0 Å². The van der Waals surface area contributed by atoms with Crippen LogP contribution in [0.25, 0.3) is 0 Å². The predicted octanol–water partition coefficient (Wildman–Crippen LogP) is 1.55. The Labute approximate surface area is 96.2 Å². The Bertz CT molecular complexity index is 344. The molecule has 0 radical (unpaired) electrons. The molecule has 94 valence electrons. The molecule has 5 nitrogen and oxygen atoms in total. The fourth-order valence-electron chi connectivity index (χ4n) is 1.17. The number of esters is 1. The lowest BCUT2D eigenvalue weighted by molar-refractivity contribution is -0.139. The van der Waals surface area contributed by atoms with E-state index in [1.54, 1.807) is 0 Å². The lowest BCUT2D eigenvalue weighted by Gasteiger charge is -2.12. The molecule has 16 heavy (non-hydrogen) atoms. The van der Waals surface area contributed by atoms with Gasteiger partial charge in [-0.1, -0.05) is 19.9 Å². The molecule has 0 amide bonds. The highest BCUT2D eigenvalue weighted by atomic mass is 32.2. The van der Waals surface area contributed by atoms with Crippen LogP contribution in [-0.2, 0) is 19.6 Å². The number of rotatable bonds is 7. The van der Waals surface area contributed by atoms with E-state index in [0.29, 0.717) is 12.8 Å². The fourth-order valence-corrected chi connectivity index (χ4v) is 2.10. The van der Waals surface area contributed by atoms with Crippen molar-refractivity contribution < 1.29 is 22.5 Å². The van der Waals surface area contributed by atoms with Gasteiger partial charge in [-0.2, -0.15) is 8.42 Å². The summed E-state index contributed by atoms with van der Waals surface area (Å²) in [5.41, 5.74) is 0.263. The van der Waals surface area contributed by atoms with Gasteiger partial charge in [0.15, 0.2) is 0 Å². The molecule has 0 aliphatic heterocycles. The molecular formula is C10H18O5S. The average molecular weight is 250 g/mol. The van der Waals surface area contributed by atoms with Crippen molar-refractivity contribution in [2.45, 2.75) is 38.4 Å². The SMILES string of the molecule is C=C(C)C(=O)OCCC(CCC)S(=O)(=O)O. The first kappa shape index (κ1) is 15.1. The third kappa shape index (κ3) is 5.87. The predicted molar refractivity (Wildman–Crippen MR) is 60.6 cm³/mol. The minimum atomic E-state index is -4.06. The molecule has 0 aliphatic carbocycles. The number of hydrogen-bond donors (Lipinski definition) is 1. The molecule has 0 aromatic carbocycles. The first-order valence-electron chi connectivity index (χ1n) is 5.08. The summed E-state index contributed by atoms with van der Waals surface area (Å²) < 4.78 is 35.5. The minimum Gasteiger partial charge on any atom is -0.462 e. The van der Waals surface area contributed by atoms with Crippen LogP contribution in [0.2, 0.25) is 0 Å². The highest BCUT2D eigenvalue weighted by molar-refractivity contribution is 7.86. The van der Waals surface area contributed by atoms with E-state index in [4.69, 9.17) is 9.29 Å². The minimum absolute atomic E-state index is 0.0316. The monoisotopic (exact) mass is 250 g/mol. The highest BCUT2D eigenvalue weighted by Gasteiger charge is 2.22. The van der Waals surface area contributed by atoms with Crippen molar-refractivity contribution in [3.63, 3.8) is 0 Å². The summed E-state index contributed by atoms with van der Waals surface area (Å²) in [5, 5.41) is -0.865. The third-order valence-electron chi connectivity index (χ3n) is 2.05. The zero-order chi connectivity index (χ0) is 12.8. The van der Waals surface area contributed by atoms with Crippen molar-refractivity contribution in [2.75, 3.05) is 6.61 Å². The van der Waals surface area contributed by atoms with Gasteiger partial charge in [0.05, 0.1) is 11.9 Å². The molecule has 6 heteroatoms. The largest absolute Gasteiger partial charge is 0.462 e. The summed E-state index contributed by atoms with van der Waals surface area (Å²) in [6.45, 7) is 6.69. The first-order chi connectivity index (χ1) is 7.29. The van der Waals surface area contributed by atoms with E-state index in [9.17, 15) is 13.2 Å². The fraction of sp³-hybridized carbons (Fsp3) is 0.700. The van der Waals surface area contributed by atoms with Crippen molar-refractivity contribution >= 4 is 16.1 Å². The maximum atomic E-state index is 11.0. The van der Waals surface area contributed by atoms with E-state index >= 15 is 0 Å². The van der Waals surface area contributed by atoms with E-state index in [-0.39, 0.29) is 18.6 Å². The van der Waals surface area contributed by atoms with E-state index in [0.717, 1.165) is 0 Å². The van der Waals surface area contributed by atoms with Crippen LogP contribution < -0.4 is 0 Å². The van der Waals surface area contributed by atoms with E-state index < -0.39 is 21.3 Å². The normalized spacial score (nSPS) is 13.2. The summed E-state index contributed by atoms with van der Waals surface area (Å²) in [4.78, 5) is 11.0. The quantitative estimate of drug-likeness (QED) is 0.421. The van der Waals surface area contributed by atoms with Crippen molar-refractivity contribution in [3.8, 4) is 0 Å². The maximum absolute atomic E-state index is 11.0. The van der Waals surface area contributed by atoms with Gasteiger partial charge in [-0.15, -0.1) is 0 Å². The molecule has 0 aromatic heterocycles. The van der Waals surface area contributed by atoms with Crippen LogP contribution in [-0.4, -0.2) is 30.8 Å². The van der Waals surface area contributed by atoms with Gasteiger partial charge >= 0.3 is 5.97 Å². The molecule has 0 saturated heterocycles. The van der Waals surface area contributed by atoms with Crippen LogP contribution in [0.5, 0.6) is 0 Å². The van der Waals surface area contributed by atoms with Crippen LogP contribution in [0.1, 0.15) is 33.1 Å². The maximum Gasteiger partial charge on any atom is 0.333 e. The Morgan fingerprint density at radius 3 is 2.38 bits per heavy atom. The topological polar surface area (TPSA) is 80.7 Å². The summed E-state index contributed by atoms with van der Waals surface area (Å²) >= 11 is 0. The molecule has 0 rings (SSSR count). The number of carbonyl (C=O) groups excluding carboxylic acids is 1. The Morgan fingerprint density at radius 1 is 1.44 bits per heavy atom. The van der Waals surface area contributed by atoms with Gasteiger partial charge in [-0.3, -0.25) is 4.55 Å². The molecule has 0 aliphatic rings. The average Bonchev–Trinajstić information content (AvgIpc) is 2.14. The van der Waals surface area contributed by atoms with Gasteiger partial charge in [-0.25, -0.2) is 4.79 Å². The summed E-state index contributed by atoms with van der Waals surface area (Å²) in [6.07, 6.45) is 1.09. The smallest absolute Gasteiger partial charge is 0.333 e. The molecule has 1 unspecified atom stereocenters. The standard InChI is InChI=1S/C10H18O5S/c1-4-5-9(16(12,13)14)6-7-15-10(11)8(2)3/h9H,2,4-7H2,1,3H3,(H,12,13,14). The van der Waals surface area contributed by atoms with Gasteiger partial charge in [0, 0.05) is 12.0 Å². The Kier molecular flexibility index (Phi) is 6.28. The number of ether oxygens (including phenoxy) is 1. The molecular weight excluding hydrogens is 232 g/mol. The Morgan fingerprint density at radius 2 is 2.00 bits per heavy atom. The van der Waals surface area contributed by atoms with Crippen molar-refractivity contribution in [3.05, 3.63) is 12.2 Å². The molecule has 0 saturated carbocycles. The van der Waals surface area contributed by atoms with Crippen molar-refractivity contribution in [1.82, 2.24) is 0 Å². The molecule has 1 atom stereocenters. The number of carbonyl (C=O) groups is 1. The van der Waals surface area contributed by atoms with Gasteiger partial charge in [0.25, 0.3) is 10.1 Å². The molecule has 0 heterocycles. The van der Waals surface area contributed by atoms with Gasteiger partial charge in [0.2, 0.25) is 0 Å². The summed E-state index contributed by atoms with van der Waals surface area (Å²) in [5.74, 6) is -0.550. The van der Waals surface area contributed by atoms with Crippen LogP contribution in [0.15, 0.2) is 12.2 Å². The molecule has 0 bridgehead atoms. The van der Waals surface area contributed by atoms with Crippen LogP contribution in [0, 0.1) is 0 Å². The second-order valence-corrected chi connectivity index (χ2v) is 5.33. The van der Waals surface area contributed by atoms with Crippen LogP contribution in [0.4, 0.5) is 0 Å². The van der Waals surface area contributed by atoms with E-state index in [1.807, 2.05) is 6.92 Å². The summed E-state index contributed by atoms with van der Waals surface area (Å²) in [6, 6.07) is 0. The van der Waals surface area contributed by atoms with Crippen LogP contribution >= 0.6 is 0 Å². The van der Waals surface area contributed by atoms with Crippen molar-refractivity contribution in [1.29, 1.82) is 0 Å². The Balaban J connectivity index is 4.15. The van der Waals surface area contributed by atoms with Crippen LogP contribution in [0.3, 0.4) is 0 Å². The molecule has 0 spiro atoms. The lowest BCUT2D eigenvalue weighted by atomic mass is 10.2. The van der Waals surface area contributed by atoms with Gasteiger partial charge < -0.3 is 4.74 Å². The van der Waals surface area contributed by atoms with Crippen molar-refractivity contribution in [2.24, 2.45) is 0 Å². The zero-order valence-electron chi connectivity index (χ0n) is 9.60. The third-order valence-corrected chi connectivity index (χ3v) is 3.37. The summed E-state index contributed by atoms with van der Waals surface area (Å²) in [7, 11) is -4.06. The number of hydrogen-bond acceptors (Lipinski definition) is 4. The second-order valence-electron chi connectivity index (χ2n) is 3.63. The highest BCUT2D eigenvalue weighted by Crippen LogP contribution is 2.11. The first-order valence-corrected chi connectivity index (χ1v) is 6.58. The van der Waals surface area contributed by atoms with E-state index in [1.165, 1.54) is 6.92 Å². The van der Waals surface area contributed by atoms with Gasteiger partial charge in [-0.05, 0) is 13.3 Å². The van der Waals surface area contributed by atoms with E-state index in [2.05, 4.69) is 6.58 Å². The lowest BCUT2D eigenvalue weighted by Crippen LogP contribution is -2.23. The Hall–Kier alpha value is -0.880. The second kappa shape index (κ2) is 6.65. The molecule has 1 N–H and O–H groups in total. The zero-order valence-corrected chi connectivity index (χ0v) is 10.4.